The largest absolute Gasteiger partial charge is 0.395 e. The van der Waals surface area contributed by atoms with Gasteiger partial charge < -0.3 is 14.6 Å². The van der Waals surface area contributed by atoms with E-state index in [1.165, 1.54) is 0 Å². The number of aromatic nitrogens is 1. The van der Waals surface area contributed by atoms with E-state index < -0.39 is 0 Å². The molecule has 1 N–H and O–H groups in total. The van der Waals surface area contributed by atoms with E-state index in [4.69, 9.17) is 5.11 Å². The molecule has 0 aliphatic heterocycles. The predicted octanol–water partition coefficient (Wildman–Crippen LogP) is 2.04. The normalized spacial score (nSPS) is 15.0. The number of aliphatic hydroxyl groups excluding tert-OH is 1. The standard InChI is InChI=1S/C12H17BrN2O2/c1-2-14(5-6-16)12(17)11-7-9(13)8-15(11)10-3-4-10/h7-8,10,16H,2-6H2,1H3. The van der Waals surface area contributed by atoms with Crippen molar-refractivity contribution in [2.24, 2.45) is 0 Å². The maximum absolute atomic E-state index is 12.3. The number of aliphatic hydroxyl groups is 1. The van der Waals surface area contributed by atoms with Gasteiger partial charge in [0.15, 0.2) is 0 Å². The summed E-state index contributed by atoms with van der Waals surface area (Å²) in [5, 5.41) is 8.95. The van der Waals surface area contributed by atoms with Gasteiger partial charge in [0.25, 0.3) is 5.91 Å². The zero-order valence-corrected chi connectivity index (χ0v) is 11.5. The van der Waals surface area contributed by atoms with Gasteiger partial charge in [-0.3, -0.25) is 4.79 Å². The number of hydrogen-bond acceptors (Lipinski definition) is 2. The number of halogens is 1. The van der Waals surface area contributed by atoms with Crippen LogP contribution in [0.2, 0.25) is 0 Å². The summed E-state index contributed by atoms with van der Waals surface area (Å²) in [7, 11) is 0. The molecule has 94 valence electrons. The second-order valence-corrected chi connectivity index (χ2v) is 5.21. The van der Waals surface area contributed by atoms with E-state index in [0.717, 1.165) is 23.0 Å². The van der Waals surface area contributed by atoms with Crippen molar-refractivity contribution in [3.63, 3.8) is 0 Å². The molecule has 1 fully saturated rings. The van der Waals surface area contributed by atoms with Crippen molar-refractivity contribution in [1.82, 2.24) is 9.47 Å². The molecule has 0 atom stereocenters. The Hall–Kier alpha value is -0.810. The molecular weight excluding hydrogens is 284 g/mol. The molecule has 0 aromatic carbocycles. The molecule has 0 bridgehead atoms. The minimum Gasteiger partial charge on any atom is -0.395 e. The van der Waals surface area contributed by atoms with Crippen LogP contribution >= 0.6 is 15.9 Å². The Bertz CT molecular complexity index is 413. The van der Waals surface area contributed by atoms with Gasteiger partial charge in [0.1, 0.15) is 5.69 Å². The zero-order chi connectivity index (χ0) is 12.4. The summed E-state index contributed by atoms with van der Waals surface area (Å²) in [5.74, 6) is -0.000787. The Morgan fingerprint density at radius 1 is 1.65 bits per heavy atom. The molecule has 0 saturated heterocycles. The lowest BCUT2D eigenvalue weighted by atomic mass is 10.3. The van der Waals surface area contributed by atoms with Gasteiger partial charge in [0.05, 0.1) is 6.61 Å². The lowest BCUT2D eigenvalue weighted by molar-refractivity contribution is 0.0721. The van der Waals surface area contributed by atoms with Gasteiger partial charge in [-0.15, -0.1) is 0 Å². The number of rotatable bonds is 5. The molecule has 0 spiro atoms. The monoisotopic (exact) mass is 300 g/mol. The Morgan fingerprint density at radius 3 is 2.88 bits per heavy atom. The maximum atomic E-state index is 12.3. The van der Waals surface area contributed by atoms with E-state index in [0.29, 0.717) is 19.1 Å². The molecule has 5 heteroatoms. The van der Waals surface area contributed by atoms with Crippen molar-refractivity contribution in [2.75, 3.05) is 19.7 Å². The zero-order valence-electron chi connectivity index (χ0n) is 9.90. The Balaban J connectivity index is 2.22. The first-order valence-corrected chi connectivity index (χ1v) is 6.74. The molecule has 4 nitrogen and oxygen atoms in total. The number of nitrogens with zero attached hydrogens (tertiary/aromatic N) is 2. The number of amides is 1. The van der Waals surface area contributed by atoms with E-state index in [1.54, 1.807) is 4.90 Å². The lowest BCUT2D eigenvalue weighted by Gasteiger charge is -2.20. The molecule has 17 heavy (non-hydrogen) atoms. The minimum atomic E-state index is -0.000787. The highest BCUT2D eigenvalue weighted by Gasteiger charge is 2.29. The van der Waals surface area contributed by atoms with Gasteiger partial charge in [0.2, 0.25) is 0 Å². The molecule has 0 unspecified atom stereocenters. The van der Waals surface area contributed by atoms with E-state index in [-0.39, 0.29) is 12.5 Å². The fraction of sp³-hybridized carbons (Fsp3) is 0.583. The first-order chi connectivity index (χ1) is 8.17. The topological polar surface area (TPSA) is 45.5 Å². The fourth-order valence-electron chi connectivity index (χ4n) is 1.96. The molecule has 0 radical (unpaired) electrons. The highest BCUT2D eigenvalue weighted by Crippen LogP contribution is 2.37. The summed E-state index contributed by atoms with van der Waals surface area (Å²) in [6.07, 6.45) is 4.26. The van der Waals surface area contributed by atoms with E-state index in [1.807, 2.05) is 23.8 Å². The van der Waals surface area contributed by atoms with Crippen LogP contribution in [0.15, 0.2) is 16.7 Å². The van der Waals surface area contributed by atoms with Gasteiger partial charge in [-0.25, -0.2) is 0 Å². The first-order valence-electron chi connectivity index (χ1n) is 5.95. The molecule has 1 saturated carbocycles. The fourth-order valence-corrected chi connectivity index (χ4v) is 2.40. The highest BCUT2D eigenvalue weighted by atomic mass is 79.9. The van der Waals surface area contributed by atoms with Crippen LogP contribution < -0.4 is 0 Å². The smallest absolute Gasteiger partial charge is 0.270 e. The van der Waals surface area contributed by atoms with Crippen LogP contribution in [0, 0.1) is 0 Å². The SMILES string of the molecule is CCN(CCO)C(=O)c1cc(Br)cn1C1CC1. The van der Waals surface area contributed by atoms with Gasteiger partial charge >= 0.3 is 0 Å². The summed E-state index contributed by atoms with van der Waals surface area (Å²) >= 11 is 3.42. The van der Waals surface area contributed by atoms with Gasteiger partial charge in [-0.05, 0) is 41.8 Å². The average molecular weight is 301 g/mol. The third-order valence-electron chi connectivity index (χ3n) is 3.01. The minimum absolute atomic E-state index is 0.000787. The molecule has 1 aromatic heterocycles. The Morgan fingerprint density at radius 2 is 2.35 bits per heavy atom. The molecule has 2 rings (SSSR count). The van der Waals surface area contributed by atoms with Gasteiger partial charge in [-0.2, -0.15) is 0 Å². The van der Waals surface area contributed by atoms with E-state index in [9.17, 15) is 4.79 Å². The third-order valence-corrected chi connectivity index (χ3v) is 3.45. The van der Waals surface area contributed by atoms with Crippen molar-refractivity contribution >= 4 is 21.8 Å². The van der Waals surface area contributed by atoms with Crippen molar-refractivity contribution in [3.05, 3.63) is 22.4 Å². The molecule has 1 aromatic rings. The Kier molecular flexibility index (Phi) is 3.89. The summed E-state index contributed by atoms with van der Waals surface area (Å²) in [6.45, 7) is 2.94. The molecule has 1 amide bonds. The van der Waals surface area contributed by atoms with Crippen molar-refractivity contribution in [2.45, 2.75) is 25.8 Å². The quantitative estimate of drug-likeness (QED) is 0.904. The van der Waals surface area contributed by atoms with Crippen LogP contribution in [0.3, 0.4) is 0 Å². The third kappa shape index (κ3) is 2.72. The van der Waals surface area contributed by atoms with Crippen molar-refractivity contribution in [1.29, 1.82) is 0 Å². The van der Waals surface area contributed by atoms with Gasteiger partial charge in [0, 0.05) is 29.8 Å². The molecule has 1 aliphatic rings. The first kappa shape index (κ1) is 12.6. The molecule has 1 heterocycles. The number of carbonyl (C=O) groups excluding carboxylic acids is 1. The van der Waals surface area contributed by atoms with Crippen LogP contribution in [0.25, 0.3) is 0 Å². The second kappa shape index (κ2) is 5.23. The molecular formula is C12H17BrN2O2. The van der Waals surface area contributed by atoms with E-state index >= 15 is 0 Å². The van der Waals surface area contributed by atoms with Crippen LogP contribution in [-0.2, 0) is 0 Å². The van der Waals surface area contributed by atoms with Crippen LogP contribution in [-0.4, -0.2) is 40.2 Å². The lowest BCUT2D eigenvalue weighted by Crippen LogP contribution is -2.34. The number of likely N-dealkylation sites (N-methyl/N-ethyl adjacent to an activating group) is 1. The summed E-state index contributed by atoms with van der Waals surface area (Å²) in [6, 6.07) is 2.34. The molecule has 1 aliphatic carbocycles. The van der Waals surface area contributed by atoms with Gasteiger partial charge in [-0.1, -0.05) is 0 Å². The predicted molar refractivity (Wildman–Crippen MR) is 69.1 cm³/mol. The number of hydrogen-bond donors (Lipinski definition) is 1. The average Bonchev–Trinajstić information content (AvgIpc) is 3.08. The van der Waals surface area contributed by atoms with Crippen molar-refractivity contribution in [3.8, 4) is 0 Å². The highest BCUT2D eigenvalue weighted by molar-refractivity contribution is 9.10. The summed E-state index contributed by atoms with van der Waals surface area (Å²) in [5.41, 5.74) is 0.717. The second-order valence-electron chi connectivity index (χ2n) is 4.29. The van der Waals surface area contributed by atoms with Crippen LogP contribution in [0.4, 0.5) is 0 Å². The summed E-state index contributed by atoms with van der Waals surface area (Å²) in [4.78, 5) is 14.0. The number of carbonyl (C=O) groups is 1. The maximum Gasteiger partial charge on any atom is 0.270 e. The van der Waals surface area contributed by atoms with Crippen LogP contribution in [0.1, 0.15) is 36.3 Å². The van der Waals surface area contributed by atoms with Crippen LogP contribution in [0.5, 0.6) is 0 Å². The van der Waals surface area contributed by atoms with Crippen molar-refractivity contribution < 1.29 is 9.90 Å². The Labute approximate surface area is 109 Å². The summed E-state index contributed by atoms with van der Waals surface area (Å²) < 4.78 is 2.99. The van der Waals surface area contributed by atoms with E-state index in [2.05, 4.69) is 15.9 Å².